The fourth-order valence-electron chi connectivity index (χ4n) is 4.55. The van der Waals surface area contributed by atoms with Crippen LogP contribution in [-0.4, -0.2) is 84.0 Å². The molecule has 2 fully saturated rings. The van der Waals surface area contributed by atoms with Crippen LogP contribution in [0.4, 0.5) is 4.39 Å². The number of nitrogens with zero attached hydrogens (tertiary/aromatic N) is 3. The molecule has 0 bridgehead atoms. The van der Waals surface area contributed by atoms with Crippen molar-refractivity contribution >= 4 is 11.8 Å². The molecule has 2 aliphatic heterocycles. The van der Waals surface area contributed by atoms with Crippen molar-refractivity contribution in [3.8, 4) is 11.8 Å². The molecule has 166 valence electrons. The molecule has 0 spiro atoms. The molecule has 32 heavy (non-hydrogen) atoms. The molecule has 0 aliphatic carbocycles. The molecule has 0 unspecified atom stereocenters. The zero-order valence-electron chi connectivity index (χ0n) is 18.2. The number of aliphatic hydroxyl groups excluding tert-OH is 1. The standard InChI is InChI=1S/C25H26FN3O3/c1-27(2)12-4-5-17-8-10-18(11-9-17)24-21-14-28(15-23(31)29(21)22(24)16-30)25(32)19-6-3-7-20(26)13-19/h3,6-11,13,21-22,24,30H,12,14-16H2,1-2H3/t21-,22+,24-/m0/s1. The van der Waals surface area contributed by atoms with Gasteiger partial charge in [0.05, 0.1) is 25.2 Å². The Kier molecular flexibility index (Phi) is 6.26. The largest absolute Gasteiger partial charge is 0.394 e. The summed E-state index contributed by atoms with van der Waals surface area (Å²) in [5.41, 5.74) is 2.12. The molecular formula is C25H26FN3O3. The van der Waals surface area contributed by atoms with Crippen molar-refractivity contribution in [3.05, 3.63) is 71.0 Å². The highest BCUT2D eigenvalue weighted by Gasteiger charge is 2.54. The van der Waals surface area contributed by atoms with Gasteiger partial charge in [0.2, 0.25) is 5.91 Å². The summed E-state index contributed by atoms with van der Waals surface area (Å²) >= 11 is 0. The van der Waals surface area contributed by atoms with Crippen LogP contribution in [0, 0.1) is 17.7 Å². The highest BCUT2D eigenvalue weighted by Crippen LogP contribution is 2.43. The average Bonchev–Trinajstić information content (AvgIpc) is 2.75. The first-order valence-electron chi connectivity index (χ1n) is 10.6. The molecule has 2 aromatic rings. The van der Waals surface area contributed by atoms with E-state index in [4.69, 9.17) is 0 Å². The third-order valence-corrected chi connectivity index (χ3v) is 6.03. The predicted octanol–water partition coefficient (Wildman–Crippen LogP) is 1.55. The second-order valence-electron chi connectivity index (χ2n) is 8.50. The summed E-state index contributed by atoms with van der Waals surface area (Å²) < 4.78 is 13.6. The average molecular weight is 435 g/mol. The molecule has 2 amide bonds. The highest BCUT2D eigenvalue weighted by atomic mass is 19.1. The van der Waals surface area contributed by atoms with Gasteiger partial charge in [0, 0.05) is 23.6 Å². The van der Waals surface area contributed by atoms with Gasteiger partial charge in [0.25, 0.3) is 5.91 Å². The second kappa shape index (κ2) is 9.11. The Morgan fingerprint density at radius 2 is 1.97 bits per heavy atom. The number of piperazine rings is 1. The zero-order valence-corrected chi connectivity index (χ0v) is 18.2. The minimum Gasteiger partial charge on any atom is -0.394 e. The highest BCUT2D eigenvalue weighted by molar-refractivity contribution is 5.97. The van der Waals surface area contributed by atoms with Crippen LogP contribution in [0.15, 0.2) is 48.5 Å². The number of benzene rings is 2. The minimum absolute atomic E-state index is 0.0739. The van der Waals surface area contributed by atoms with Gasteiger partial charge >= 0.3 is 0 Å². The van der Waals surface area contributed by atoms with Crippen LogP contribution in [0.5, 0.6) is 0 Å². The van der Waals surface area contributed by atoms with E-state index in [1.165, 1.54) is 23.1 Å². The molecule has 2 aliphatic rings. The molecule has 0 aromatic heterocycles. The third kappa shape index (κ3) is 4.24. The molecule has 7 heteroatoms. The first-order chi connectivity index (χ1) is 15.4. The first-order valence-corrected chi connectivity index (χ1v) is 10.6. The molecule has 2 aromatic carbocycles. The molecule has 0 radical (unpaired) electrons. The number of rotatable bonds is 4. The van der Waals surface area contributed by atoms with Gasteiger partial charge < -0.3 is 14.9 Å². The fraction of sp³-hybridized carbons (Fsp3) is 0.360. The van der Waals surface area contributed by atoms with E-state index in [-0.39, 0.29) is 48.5 Å². The van der Waals surface area contributed by atoms with Gasteiger partial charge in [-0.1, -0.05) is 30.0 Å². The van der Waals surface area contributed by atoms with Crippen molar-refractivity contribution in [1.82, 2.24) is 14.7 Å². The molecule has 1 N–H and O–H groups in total. The maximum absolute atomic E-state index is 13.6. The van der Waals surface area contributed by atoms with E-state index in [1.54, 1.807) is 11.0 Å². The Morgan fingerprint density at radius 3 is 2.62 bits per heavy atom. The van der Waals surface area contributed by atoms with Crippen molar-refractivity contribution < 1.29 is 19.1 Å². The van der Waals surface area contributed by atoms with E-state index in [0.29, 0.717) is 13.1 Å². The van der Waals surface area contributed by atoms with Crippen LogP contribution in [0.25, 0.3) is 0 Å². The fourth-order valence-corrected chi connectivity index (χ4v) is 4.55. The van der Waals surface area contributed by atoms with Gasteiger partial charge in [-0.3, -0.25) is 14.5 Å². The maximum Gasteiger partial charge on any atom is 0.254 e. The number of fused-ring (bicyclic) bond motifs is 1. The van der Waals surface area contributed by atoms with Crippen LogP contribution in [0.2, 0.25) is 0 Å². The van der Waals surface area contributed by atoms with Crippen LogP contribution >= 0.6 is 0 Å². The predicted molar refractivity (Wildman–Crippen MR) is 118 cm³/mol. The van der Waals surface area contributed by atoms with Crippen LogP contribution in [0.1, 0.15) is 27.4 Å². The smallest absolute Gasteiger partial charge is 0.254 e. The van der Waals surface area contributed by atoms with Gasteiger partial charge in [-0.25, -0.2) is 4.39 Å². The van der Waals surface area contributed by atoms with Gasteiger partial charge in [0.1, 0.15) is 12.4 Å². The summed E-state index contributed by atoms with van der Waals surface area (Å²) in [6.07, 6.45) is 0. The van der Waals surface area contributed by atoms with Crippen LogP contribution in [-0.2, 0) is 4.79 Å². The van der Waals surface area contributed by atoms with Crippen molar-refractivity contribution in [3.63, 3.8) is 0 Å². The van der Waals surface area contributed by atoms with E-state index in [2.05, 4.69) is 11.8 Å². The quantitative estimate of drug-likeness (QED) is 0.741. The Morgan fingerprint density at radius 1 is 1.22 bits per heavy atom. The SMILES string of the molecule is CN(C)CC#Cc1ccc([C@@H]2[C@@H](CO)N3C(=O)CN(C(=O)c4cccc(F)c4)C[C@@H]23)cc1. The van der Waals surface area contributed by atoms with Gasteiger partial charge in [0.15, 0.2) is 0 Å². The molecule has 6 nitrogen and oxygen atoms in total. The van der Waals surface area contributed by atoms with Crippen LogP contribution in [0.3, 0.4) is 0 Å². The van der Waals surface area contributed by atoms with Gasteiger partial charge in [-0.05, 0) is 50.0 Å². The van der Waals surface area contributed by atoms with Crippen molar-refractivity contribution in [2.45, 2.75) is 18.0 Å². The summed E-state index contributed by atoms with van der Waals surface area (Å²) in [5.74, 6) is 5.08. The van der Waals surface area contributed by atoms with E-state index in [1.807, 2.05) is 43.3 Å². The molecule has 3 atom stereocenters. The topological polar surface area (TPSA) is 64.1 Å². The minimum atomic E-state index is -0.489. The first kappa shape index (κ1) is 22.0. The lowest BCUT2D eigenvalue weighted by atomic mass is 9.73. The Hall–Kier alpha value is -3.21. The lowest BCUT2D eigenvalue weighted by Gasteiger charge is -2.58. The van der Waals surface area contributed by atoms with Crippen molar-refractivity contribution in [2.24, 2.45) is 0 Å². The number of aliphatic hydroxyl groups is 1. The Balaban J connectivity index is 1.53. The second-order valence-corrected chi connectivity index (χ2v) is 8.50. The Bertz CT molecular complexity index is 1070. The van der Waals surface area contributed by atoms with Gasteiger partial charge in [-0.15, -0.1) is 0 Å². The summed E-state index contributed by atoms with van der Waals surface area (Å²) in [7, 11) is 3.92. The molecule has 4 rings (SSSR count). The number of carbonyl (C=O) groups is 2. The van der Waals surface area contributed by atoms with Crippen LogP contribution < -0.4 is 0 Å². The molecular weight excluding hydrogens is 409 g/mol. The summed E-state index contributed by atoms with van der Waals surface area (Å²) in [6, 6.07) is 12.8. The number of carbonyl (C=O) groups excluding carboxylic acids is 2. The molecule has 2 heterocycles. The zero-order chi connectivity index (χ0) is 22.8. The van der Waals surface area contributed by atoms with E-state index < -0.39 is 5.82 Å². The van der Waals surface area contributed by atoms with E-state index >= 15 is 0 Å². The number of halogens is 1. The number of hydrogen-bond acceptors (Lipinski definition) is 4. The normalized spacial score (nSPS) is 22.2. The lowest BCUT2D eigenvalue weighted by Crippen LogP contribution is -2.73. The number of amides is 2. The monoisotopic (exact) mass is 435 g/mol. The van der Waals surface area contributed by atoms with E-state index in [9.17, 15) is 19.1 Å². The molecule has 2 saturated heterocycles. The summed E-state index contributed by atoms with van der Waals surface area (Å²) in [6.45, 7) is 0.794. The van der Waals surface area contributed by atoms with Crippen molar-refractivity contribution in [1.29, 1.82) is 0 Å². The summed E-state index contributed by atoms with van der Waals surface area (Å²) in [5, 5.41) is 9.94. The van der Waals surface area contributed by atoms with Gasteiger partial charge in [-0.2, -0.15) is 0 Å². The Labute approximate surface area is 187 Å². The maximum atomic E-state index is 13.6. The lowest BCUT2D eigenvalue weighted by molar-refractivity contribution is -0.159. The molecule has 0 saturated carbocycles. The van der Waals surface area contributed by atoms with Crippen molar-refractivity contribution in [2.75, 3.05) is 40.3 Å². The summed E-state index contributed by atoms with van der Waals surface area (Å²) in [4.78, 5) is 30.8. The third-order valence-electron chi connectivity index (χ3n) is 6.03. The number of hydrogen-bond donors (Lipinski definition) is 1. The van der Waals surface area contributed by atoms with E-state index in [0.717, 1.165) is 11.1 Å².